The first kappa shape index (κ1) is 16.4. The summed E-state index contributed by atoms with van der Waals surface area (Å²) in [5, 5.41) is 0. The zero-order valence-corrected chi connectivity index (χ0v) is 14.6. The lowest BCUT2D eigenvalue weighted by molar-refractivity contribution is -0.0927. The lowest BCUT2D eigenvalue weighted by Gasteiger charge is -2.59. The quantitative estimate of drug-likeness (QED) is 0.426. The van der Waals surface area contributed by atoms with Crippen molar-refractivity contribution in [2.24, 2.45) is 29.1 Å². The van der Waals surface area contributed by atoms with Crippen molar-refractivity contribution < 1.29 is 0 Å². The molecule has 0 spiro atoms. The van der Waals surface area contributed by atoms with E-state index in [-0.39, 0.29) is 0 Å². The minimum absolute atomic E-state index is 0.751. The number of hydrogen-bond donors (Lipinski definition) is 0. The number of rotatable bonds is 8. The van der Waals surface area contributed by atoms with Gasteiger partial charge in [-0.05, 0) is 61.2 Å². The summed E-state index contributed by atoms with van der Waals surface area (Å²) in [6, 6.07) is 0. The zero-order chi connectivity index (χ0) is 14.6. The Balaban J connectivity index is 1.67. The van der Waals surface area contributed by atoms with Crippen molar-refractivity contribution in [3.05, 3.63) is 0 Å². The third kappa shape index (κ3) is 3.60. The summed E-state index contributed by atoms with van der Waals surface area (Å²) in [6.07, 6.45) is 16.4. The summed E-state index contributed by atoms with van der Waals surface area (Å²) in [4.78, 5) is 0. The number of fused-ring (bicyclic) bond motifs is 1. The molecule has 0 radical (unpaired) electrons. The summed E-state index contributed by atoms with van der Waals surface area (Å²) in [6.45, 7) is 9.73. The van der Waals surface area contributed by atoms with Crippen LogP contribution in [0.2, 0.25) is 0 Å². The Morgan fingerprint density at radius 2 is 1.90 bits per heavy atom. The SMILES string of the molecule is CCCC1CCC2(C)C(CCCCC(C)CC)CC2C1. The molecule has 2 aliphatic carbocycles. The Morgan fingerprint density at radius 1 is 1.10 bits per heavy atom. The fraction of sp³-hybridized carbons (Fsp3) is 1.00. The third-order valence-corrected chi connectivity index (χ3v) is 7.04. The summed E-state index contributed by atoms with van der Waals surface area (Å²) in [5.74, 6) is 4.19. The molecule has 2 fully saturated rings. The van der Waals surface area contributed by atoms with Crippen LogP contribution < -0.4 is 0 Å². The second-order valence-corrected chi connectivity index (χ2v) is 8.36. The minimum Gasteiger partial charge on any atom is -0.0654 e. The molecule has 0 heterocycles. The van der Waals surface area contributed by atoms with Crippen molar-refractivity contribution in [3.63, 3.8) is 0 Å². The summed E-state index contributed by atoms with van der Waals surface area (Å²) >= 11 is 0. The first-order chi connectivity index (χ1) is 9.60. The van der Waals surface area contributed by atoms with Crippen LogP contribution in [0.5, 0.6) is 0 Å². The normalized spacial score (nSPS) is 38.1. The van der Waals surface area contributed by atoms with E-state index in [4.69, 9.17) is 0 Å². The van der Waals surface area contributed by atoms with E-state index in [1.165, 1.54) is 51.4 Å². The van der Waals surface area contributed by atoms with Gasteiger partial charge in [-0.3, -0.25) is 0 Å². The fourth-order valence-electron chi connectivity index (χ4n) is 5.07. The van der Waals surface area contributed by atoms with Crippen molar-refractivity contribution in [2.45, 2.75) is 98.3 Å². The molecule has 0 heteroatoms. The van der Waals surface area contributed by atoms with Gasteiger partial charge in [0.1, 0.15) is 0 Å². The monoisotopic (exact) mass is 278 g/mol. The maximum absolute atomic E-state index is 2.63. The van der Waals surface area contributed by atoms with Crippen LogP contribution in [0, 0.1) is 29.1 Å². The van der Waals surface area contributed by atoms with Gasteiger partial charge in [-0.2, -0.15) is 0 Å². The smallest absolute Gasteiger partial charge is 0.0269 e. The highest BCUT2D eigenvalue weighted by molar-refractivity contribution is 5.02. The van der Waals surface area contributed by atoms with Crippen LogP contribution in [0.4, 0.5) is 0 Å². The second kappa shape index (κ2) is 7.32. The molecule has 0 N–H and O–H groups in total. The van der Waals surface area contributed by atoms with Crippen LogP contribution in [0.25, 0.3) is 0 Å². The van der Waals surface area contributed by atoms with Gasteiger partial charge in [-0.25, -0.2) is 0 Å². The van der Waals surface area contributed by atoms with Gasteiger partial charge in [-0.15, -0.1) is 0 Å². The zero-order valence-electron chi connectivity index (χ0n) is 14.6. The molecular weight excluding hydrogens is 240 g/mol. The van der Waals surface area contributed by atoms with Gasteiger partial charge in [-0.1, -0.05) is 66.2 Å². The molecule has 0 aromatic rings. The van der Waals surface area contributed by atoms with Gasteiger partial charge in [0, 0.05) is 0 Å². The predicted molar refractivity (Wildman–Crippen MR) is 89.9 cm³/mol. The highest BCUT2D eigenvalue weighted by atomic mass is 14.6. The fourth-order valence-corrected chi connectivity index (χ4v) is 5.07. The molecule has 0 saturated heterocycles. The second-order valence-electron chi connectivity index (χ2n) is 8.36. The topological polar surface area (TPSA) is 0 Å². The Hall–Kier alpha value is 0. The average molecular weight is 279 g/mol. The van der Waals surface area contributed by atoms with E-state index >= 15 is 0 Å². The van der Waals surface area contributed by atoms with Crippen molar-refractivity contribution in [1.29, 1.82) is 0 Å². The molecular formula is C20H38. The molecule has 0 bridgehead atoms. The van der Waals surface area contributed by atoms with Gasteiger partial charge in [0.15, 0.2) is 0 Å². The molecule has 118 valence electrons. The van der Waals surface area contributed by atoms with E-state index in [0.717, 1.165) is 29.1 Å². The molecule has 2 saturated carbocycles. The van der Waals surface area contributed by atoms with Gasteiger partial charge in [0.2, 0.25) is 0 Å². The molecule has 5 unspecified atom stereocenters. The van der Waals surface area contributed by atoms with Crippen molar-refractivity contribution >= 4 is 0 Å². The van der Waals surface area contributed by atoms with Crippen LogP contribution in [0.3, 0.4) is 0 Å². The number of unbranched alkanes of at least 4 members (excludes halogenated alkanes) is 1. The Morgan fingerprint density at radius 3 is 2.55 bits per heavy atom. The van der Waals surface area contributed by atoms with E-state index < -0.39 is 0 Å². The molecule has 0 aliphatic heterocycles. The highest BCUT2D eigenvalue weighted by Crippen LogP contribution is 2.62. The van der Waals surface area contributed by atoms with Gasteiger partial charge in [0.25, 0.3) is 0 Å². The standard InChI is InChI=1S/C20H38/c1-5-9-17-12-13-20(4)18(15-19(20)14-17)11-8-7-10-16(3)6-2/h16-19H,5-15H2,1-4H3. The van der Waals surface area contributed by atoms with Crippen molar-refractivity contribution in [2.75, 3.05) is 0 Å². The summed E-state index contributed by atoms with van der Waals surface area (Å²) in [5.41, 5.74) is 0.751. The number of hydrogen-bond acceptors (Lipinski definition) is 0. The minimum atomic E-state index is 0.751. The maximum atomic E-state index is 2.63. The van der Waals surface area contributed by atoms with Crippen LogP contribution in [0.1, 0.15) is 98.3 Å². The van der Waals surface area contributed by atoms with Crippen LogP contribution in [-0.4, -0.2) is 0 Å². The Bertz CT molecular complexity index is 282. The first-order valence-corrected chi connectivity index (χ1v) is 9.60. The summed E-state index contributed by atoms with van der Waals surface area (Å²) < 4.78 is 0. The molecule has 0 amide bonds. The third-order valence-electron chi connectivity index (χ3n) is 7.04. The predicted octanol–water partition coefficient (Wildman–Crippen LogP) is 6.84. The molecule has 0 nitrogen and oxygen atoms in total. The van der Waals surface area contributed by atoms with Crippen molar-refractivity contribution in [3.8, 4) is 0 Å². The van der Waals surface area contributed by atoms with E-state index in [1.54, 1.807) is 19.3 Å². The van der Waals surface area contributed by atoms with Crippen LogP contribution in [0.15, 0.2) is 0 Å². The van der Waals surface area contributed by atoms with E-state index in [9.17, 15) is 0 Å². The largest absolute Gasteiger partial charge is 0.0654 e. The van der Waals surface area contributed by atoms with Gasteiger partial charge in [0.05, 0.1) is 0 Å². The highest BCUT2D eigenvalue weighted by Gasteiger charge is 2.52. The molecule has 0 aromatic heterocycles. The molecule has 2 aliphatic rings. The van der Waals surface area contributed by atoms with E-state index in [2.05, 4.69) is 27.7 Å². The van der Waals surface area contributed by atoms with E-state index in [1.807, 2.05) is 0 Å². The maximum Gasteiger partial charge on any atom is -0.0269 e. The molecule has 0 aromatic carbocycles. The lowest BCUT2D eigenvalue weighted by Crippen LogP contribution is -2.50. The van der Waals surface area contributed by atoms with Gasteiger partial charge >= 0.3 is 0 Å². The van der Waals surface area contributed by atoms with Crippen molar-refractivity contribution in [1.82, 2.24) is 0 Å². The average Bonchev–Trinajstić information content (AvgIpc) is 2.44. The van der Waals surface area contributed by atoms with E-state index in [0.29, 0.717) is 0 Å². The molecule has 2 rings (SSSR count). The van der Waals surface area contributed by atoms with Crippen LogP contribution in [-0.2, 0) is 0 Å². The van der Waals surface area contributed by atoms with Crippen LogP contribution >= 0.6 is 0 Å². The summed E-state index contributed by atoms with van der Waals surface area (Å²) in [7, 11) is 0. The molecule has 5 atom stereocenters. The lowest BCUT2D eigenvalue weighted by atomic mass is 9.46. The van der Waals surface area contributed by atoms with Gasteiger partial charge < -0.3 is 0 Å². The molecule has 20 heavy (non-hydrogen) atoms. The Labute approximate surface area is 128 Å². The first-order valence-electron chi connectivity index (χ1n) is 9.60. The Kier molecular flexibility index (Phi) is 5.99.